The van der Waals surface area contributed by atoms with Crippen molar-refractivity contribution in [3.8, 4) is 0 Å². The second-order valence-electron chi connectivity index (χ2n) is 8.06. The second kappa shape index (κ2) is 14.5. The molecule has 2 atom stereocenters. The van der Waals surface area contributed by atoms with Crippen molar-refractivity contribution in [3.63, 3.8) is 0 Å². The first-order chi connectivity index (χ1) is 17.3. The summed E-state index contributed by atoms with van der Waals surface area (Å²) < 4.78 is 13.6. The van der Waals surface area contributed by atoms with Gasteiger partial charge < -0.3 is 15.7 Å². The van der Waals surface area contributed by atoms with Crippen LogP contribution in [0.5, 0.6) is 0 Å². The van der Waals surface area contributed by atoms with Crippen molar-refractivity contribution in [1.29, 1.82) is 0 Å². The van der Waals surface area contributed by atoms with Crippen LogP contribution in [0.3, 0.4) is 0 Å². The minimum Gasteiger partial charge on any atom is -0.394 e. The molecule has 192 valence electrons. The molecule has 3 N–H and O–H groups in total. The molecule has 0 aliphatic heterocycles. The number of halogens is 1. The van der Waals surface area contributed by atoms with Gasteiger partial charge in [0.15, 0.2) is 0 Å². The molecule has 0 fully saturated rings. The highest BCUT2D eigenvalue weighted by molar-refractivity contribution is 5.90. The monoisotopic (exact) mass is 498 g/mol. The number of aliphatic hydroxyl groups is 1. The molecule has 0 heterocycles. The molecule has 2 aromatic carbocycles. The van der Waals surface area contributed by atoms with E-state index in [0.29, 0.717) is 18.7 Å². The van der Waals surface area contributed by atoms with Gasteiger partial charge in [-0.2, -0.15) is 4.39 Å². The summed E-state index contributed by atoms with van der Waals surface area (Å²) in [7, 11) is 0. The van der Waals surface area contributed by atoms with Crippen molar-refractivity contribution in [1.82, 2.24) is 15.5 Å². The topological polar surface area (TPSA) is 125 Å². The fourth-order valence-electron chi connectivity index (χ4n) is 3.66. The third kappa shape index (κ3) is 8.40. The highest BCUT2D eigenvalue weighted by Crippen LogP contribution is 2.18. The van der Waals surface area contributed by atoms with Crippen LogP contribution in [-0.4, -0.2) is 65.1 Å². The molecule has 9 nitrogen and oxygen atoms in total. The first-order valence-corrected chi connectivity index (χ1v) is 11.4. The Morgan fingerprint density at radius 1 is 1.08 bits per heavy atom. The summed E-state index contributed by atoms with van der Waals surface area (Å²) in [4.78, 5) is 37.9. The van der Waals surface area contributed by atoms with Crippen LogP contribution in [0.1, 0.15) is 11.1 Å². The van der Waals surface area contributed by atoms with E-state index in [0.717, 1.165) is 17.7 Å². The maximum Gasteiger partial charge on any atom is 0.305 e. The van der Waals surface area contributed by atoms with E-state index in [9.17, 15) is 29.2 Å². The number of amides is 2. The number of hydrogen-bond donors (Lipinski definition) is 3. The lowest BCUT2D eigenvalue weighted by Crippen LogP contribution is -2.55. The Hall–Kier alpha value is -3.89. The maximum atomic E-state index is 13.6. The minimum atomic E-state index is -0.939. The van der Waals surface area contributed by atoms with Gasteiger partial charge in [0.25, 0.3) is 0 Å². The summed E-state index contributed by atoms with van der Waals surface area (Å²) in [5.41, 5.74) is 0.672. The lowest BCUT2D eigenvalue weighted by Gasteiger charge is -2.29. The number of nitro benzene ring substituents is 1. The Balaban J connectivity index is 2.12. The van der Waals surface area contributed by atoms with E-state index >= 15 is 0 Å². The van der Waals surface area contributed by atoms with E-state index in [1.807, 2.05) is 30.3 Å². The molecule has 0 saturated carbocycles. The third-order valence-electron chi connectivity index (χ3n) is 5.48. The number of rotatable bonds is 15. The third-order valence-corrected chi connectivity index (χ3v) is 5.48. The number of nitrogens with one attached hydrogen (secondary N) is 2. The Labute approximate surface area is 209 Å². The smallest absolute Gasteiger partial charge is 0.305 e. The van der Waals surface area contributed by atoms with Gasteiger partial charge in [-0.3, -0.25) is 24.6 Å². The molecule has 0 bridgehead atoms. The van der Waals surface area contributed by atoms with Gasteiger partial charge in [0.05, 0.1) is 11.5 Å². The zero-order chi connectivity index (χ0) is 26.5. The fourth-order valence-corrected chi connectivity index (χ4v) is 3.66. The number of nitro groups is 1. The molecule has 2 aromatic rings. The minimum absolute atomic E-state index is 0.116. The van der Waals surface area contributed by atoms with E-state index in [2.05, 4.69) is 23.8 Å². The number of nitrogens with zero attached hydrogens (tertiary/aromatic N) is 2. The van der Waals surface area contributed by atoms with Gasteiger partial charge in [-0.25, -0.2) is 0 Å². The van der Waals surface area contributed by atoms with Crippen LogP contribution in [0.25, 0.3) is 0 Å². The van der Waals surface area contributed by atoms with E-state index < -0.39 is 46.9 Å². The molecule has 0 saturated heterocycles. The zero-order valence-corrected chi connectivity index (χ0v) is 19.9. The van der Waals surface area contributed by atoms with Gasteiger partial charge >= 0.3 is 5.69 Å². The summed E-state index contributed by atoms with van der Waals surface area (Å²) in [5.74, 6) is -1.91. The quantitative estimate of drug-likeness (QED) is 0.196. The highest BCUT2D eigenvalue weighted by Gasteiger charge is 2.28. The summed E-state index contributed by atoms with van der Waals surface area (Å²) in [6.45, 7) is 7.67. The number of benzene rings is 2. The van der Waals surface area contributed by atoms with Crippen molar-refractivity contribution in [3.05, 3.63) is 101 Å². The van der Waals surface area contributed by atoms with Crippen LogP contribution in [-0.2, 0) is 22.4 Å². The molecular formula is C26H31FN4O5. The van der Waals surface area contributed by atoms with Gasteiger partial charge in [0, 0.05) is 32.1 Å². The predicted molar refractivity (Wildman–Crippen MR) is 135 cm³/mol. The Morgan fingerprint density at radius 2 is 1.75 bits per heavy atom. The molecule has 0 radical (unpaired) electrons. The molecule has 2 amide bonds. The second-order valence-corrected chi connectivity index (χ2v) is 8.06. The van der Waals surface area contributed by atoms with Crippen LogP contribution in [0.15, 0.2) is 73.8 Å². The Bertz CT molecular complexity index is 1050. The number of aliphatic hydroxyl groups excluding tert-OH is 1. The highest BCUT2D eigenvalue weighted by atomic mass is 19.1. The molecule has 0 spiro atoms. The summed E-state index contributed by atoms with van der Waals surface area (Å²) in [6, 6.07) is 10.8. The van der Waals surface area contributed by atoms with Crippen molar-refractivity contribution < 1.29 is 24.0 Å². The first kappa shape index (κ1) is 28.3. The molecule has 0 aliphatic rings. The molecular weight excluding hydrogens is 467 g/mol. The van der Waals surface area contributed by atoms with Crippen molar-refractivity contribution >= 4 is 17.5 Å². The first-order valence-electron chi connectivity index (χ1n) is 11.4. The van der Waals surface area contributed by atoms with E-state index in [1.165, 1.54) is 6.07 Å². The maximum absolute atomic E-state index is 13.6. The van der Waals surface area contributed by atoms with Crippen molar-refractivity contribution in [2.75, 3.05) is 26.2 Å². The van der Waals surface area contributed by atoms with Gasteiger partial charge in [0.1, 0.15) is 12.1 Å². The standard InChI is InChI=1S/C26H31FN4O5/c1-3-14-30(15-4-2)24(18-32)26(34)29-22(16-19-8-6-5-7-9-19)25(33)28-13-12-20-10-11-21(27)23(17-20)31(35)36/h3-11,17,22,24,32H,1-2,12-16,18H2,(H,28,33)(H,29,34)/t22-,24-/m0/s1. The molecule has 0 aliphatic carbocycles. The summed E-state index contributed by atoms with van der Waals surface area (Å²) in [6.07, 6.45) is 3.65. The molecule has 0 aromatic heterocycles. The lowest BCUT2D eigenvalue weighted by molar-refractivity contribution is -0.387. The number of carbonyl (C=O) groups excluding carboxylic acids is 2. The largest absolute Gasteiger partial charge is 0.394 e. The molecule has 10 heteroatoms. The summed E-state index contributed by atoms with van der Waals surface area (Å²) in [5, 5.41) is 26.3. The lowest BCUT2D eigenvalue weighted by atomic mass is 10.0. The van der Waals surface area contributed by atoms with E-state index in [1.54, 1.807) is 17.1 Å². The van der Waals surface area contributed by atoms with Gasteiger partial charge in [0.2, 0.25) is 17.6 Å². The molecule has 2 rings (SSSR count). The van der Waals surface area contributed by atoms with Crippen LogP contribution in [0.2, 0.25) is 0 Å². The summed E-state index contributed by atoms with van der Waals surface area (Å²) >= 11 is 0. The SMILES string of the molecule is C=CCN(CC=C)[C@@H](CO)C(=O)N[C@@H](Cc1ccccc1)C(=O)NCCc1ccc(F)c([N+](=O)[O-])c1. The van der Waals surface area contributed by atoms with Gasteiger partial charge in [-0.05, 0) is 23.6 Å². The average Bonchev–Trinajstić information content (AvgIpc) is 2.85. The molecule has 0 unspecified atom stereocenters. The number of carbonyl (C=O) groups is 2. The van der Waals surface area contributed by atoms with Crippen molar-refractivity contribution in [2.24, 2.45) is 0 Å². The normalized spacial score (nSPS) is 12.4. The van der Waals surface area contributed by atoms with Crippen LogP contribution < -0.4 is 10.6 Å². The van der Waals surface area contributed by atoms with Gasteiger partial charge in [-0.1, -0.05) is 48.6 Å². The predicted octanol–water partition coefficient (Wildman–Crippen LogP) is 2.15. The van der Waals surface area contributed by atoms with Crippen molar-refractivity contribution in [2.45, 2.75) is 24.9 Å². The van der Waals surface area contributed by atoms with Crippen LogP contribution >= 0.6 is 0 Å². The van der Waals surface area contributed by atoms with Crippen LogP contribution in [0.4, 0.5) is 10.1 Å². The molecule has 36 heavy (non-hydrogen) atoms. The Kier molecular flexibility index (Phi) is 11.4. The zero-order valence-electron chi connectivity index (χ0n) is 19.9. The van der Waals surface area contributed by atoms with E-state index in [-0.39, 0.29) is 19.4 Å². The fraction of sp³-hybridized carbons (Fsp3) is 0.308. The van der Waals surface area contributed by atoms with E-state index in [4.69, 9.17) is 0 Å². The number of hydrogen-bond acceptors (Lipinski definition) is 6. The average molecular weight is 499 g/mol. The van der Waals surface area contributed by atoms with Crippen LogP contribution in [0, 0.1) is 15.9 Å². The van der Waals surface area contributed by atoms with Gasteiger partial charge in [-0.15, -0.1) is 13.2 Å². The Morgan fingerprint density at radius 3 is 2.33 bits per heavy atom.